The van der Waals surface area contributed by atoms with E-state index >= 15 is 0 Å². The molecular weight excluding hydrogens is 841 g/mol. The summed E-state index contributed by atoms with van der Waals surface area (Å²) in [5.41, 5.74) is 14.5. The van der Waals surface area contributed by atoms with Crippen molar-refractivity contribution in [2.24, 2.45) is 0 Å². The standard InChI is InChI=1S/C70H46/c1-2-17-54(18-3-1)68(60-37-34-48-14-4-7-19-55(48)43-60)63-23-11-10-22-59(63)42-47-26-28-51(29-27-47)52-30-32-53(33-31-52)58-40-41-66-67(46-58)70(62-39-36-50-16-6-9-21-57(50)45-62)65-25-13-12-24-64(65)69(66)61-38-35-49-15-5-8-20-56(49)44-61/h1-46H/b59-42+,68-63+. The summed E-state index contributed by atoms with van der Waals surface area (Å²) in [5, 5.41) is 14.9. The SMILES string of the molecule is C(/c1ccc(-c2ccc(-c3ccc4c(-c5ccc6ccccc6c5)c5ccccc5c(-c5ccc6ccccc6c5)c4c3)cc2)cc1)=c1/cccc/c1=C(/c1ccccc1)c1ccc2ccccc2c1. The zero-order valence-corrected chi connectivity index (χ0v) is 38.6. The largest absolute Gasteiger partial charge is 0.0622 e. The minimum Gasteiger partial charge on any atom is -0.0622 e. The van der Waals surface area contributed by atoms with Gasteiger partial charge in [-0.05, 0) is 161 Å². The molecule has 0 nitrogen and oxygen atoms in total. The Morgan fingerprint density at radius 3 is 1.29 bits per heavy atom. The number of hydrogen-bond acceptors (Lipinski definition) is 0. The predicted octanol–water partition coefficient (Wildman–Crippen LogP) is 17.2. The lowest BCUT2D eigenvalue weighted by molar-refractivity contribution is 1.44. The van der Waals surface area contributed by atoms with Gasteiger partial charge in [-0.25, -0.2) is 0 Å². The van der Waals surface area contributed by atoms with Crippen LogP contribution in [-0.4, -0.2) is 0 Å². The first-order chi connectivity index (χ1) is 34.7. The molecule has 0 N–H and O–H groups in total. The van der Waals surface area contributed by atoms with Gasteiger partial charge in [-0.3, -0.25) is 0 Å². The lowest BCUT2D eigenvalue weighted by atomic mass is 9.84. The molecular formula is C70H46. The van der Waals surface area contributed by atoms with Crippen molar-refractivity contribution >= 4 is 65.5 Å². The quantitative estimate of drug-likeness (QED) is 0.140. The van der Waals surface area contributed by atoms with Gasteiger partial charge in [0, 0.05) is 0 Å². The summed E-state index contributed by atoms with van der Waals surface area (Å²) >= 11 is 0. The Hall–Kier alpha value is -9.10. The van der Waals surface area contributed by atoms with Crippen molar-refractivity contribution in [2.75, 3.05) is 0 Å². The van der Waals surface area contributed by atoms with Crippen molar-refractivity contribution in [3.63, 3.8) is 0 Å². The third kappa shape index (κ3) is 7.53. The van der Waals surface area contributed by atoms with Gasteiger partial charge >= 0.3 is 0 Å². The van der Waals surface area contributed by atoms with Crippen molar-refractivity contribution in [3.05, 3.63) is 300 Å². The highest BCUT2D eigenvalue weighted by atomic mass is 14.2. The Labute approximate surface area is 408 Å². The van der Waals surface area contributed by atoms with E-state index < -0.39 is 0 Å². The summed E-state index contributed by atoms with van der Waals surface area (Å²) in [6.07, 6.45) is 2.31. The Bertz CT molecular complexity index is 4250. The van der Waals surface area contributed by atoms with E-state index in [1.54, 1.807) is 0 Å². The Balaban J connectivity index is 0.890. The first kappa shape index (κ1) is 41.1. The molecule has 0 aromatic heterocycles. The summed E-state index contributed by atoms with van der Waals surface area (Å²) < 4.78 is 0. The maximum atomic E-state index is 2.43. The molecule has 0 aliphatic rings. The molecule has 0 radical (unpaired) electrons. The van der Waals surface area contributed by atoms with E-state index in [1.165, 1.54) is 126 Å². The molecule has 0 atom stereocenters. The van der Waals surface area contributed by atoms with Crippen molar-refractivity contribution in [2.45, 2.75) is 0 Å². The summed E-state index contributed by atoms with van der Waals surface area (Å²) in [4.78, 5) is 0. The molecule has 0 bridgehead atoms. The molecule has 0 amide bonds. The fourth-order valence-corrected chi connectivity index (χ4v) is 10.8. The third-order valence-corrected chi connectivity index (χ3v) is 14.2. The van der Waals surface area contributed by atoms with E-state index in [0.717, 1.165) is 5.56 Å². The highest BCUT2D eigenvalue weighted by Gasteiger charge is 2.19. The lowest BCUT2D eigenvalue weighted by Crippen LogP contribution is -2.27. The van der Waals surface area contributed by atoms with E-state index in [2.05, 4.69) is 279 Å². The summed E-state index contributed by atoms with van der Waals surface area (Å²) in [5.74, 6) is 0. The highest BCUT2D eigenvalue weighted by Crippen LogP contribution is 2.46. The maximum Gasteiger partial charge on any atom is -0.00259 e. The second-order valence-corrected chi connectivity index (χ2v) is 18.4. The summed E-state index contributed by atoms with van der Waals surface area (Å²) in [6, 6.07) is 100. The second kappa shape index (κ2) is 17.5. The molecule has 0 spiro atoms. The van der Waals surface area contributed by atoms with Gasteiger partial charge in [-0.1, -0.05) is 249 Å². The topological polar surface area (TPSA) is 0 Å². The van der Waals surface area contributed by atoms with Crippen LogP contribution in [0, 0.1) is 0 Å². The molecule has 13 aromatic rings. The van der Waals surface area contributed by atoms with Gasteiger partial charge < -0.3 is 0 Å². The van der Waals surface area contributed by atoms with Gasteiger partial charge in [-0.2, -0.15) is 0 Å². The molecule has 70 heavy (non-hydrogen) atoms. The Kier molecular flexibility index (Phi) is 10.3. The van der Waals surface area contributed by atoms with Crippen LogP contribution in [0.25, 0.3) is 110 Å². The van der Waals surface area contributed by atoms with Crippen molar-refractivity contribution in [1.82, 2.24) is 0 Å². The van der Waals surface area contributed by atoms with Crippen LogP contribution in [0.15, 0.2) is 273 Å². The number of fused-ring (bicyclic) bond motifs is 5. The first-order valence-corrected chi connectivity index (χ1v) is 24.2. The van der Waals surface area contributed by atoms with Crippen LogP contribution in [-0.2, 0) is 0 Å². The molecule has 0 saturated carbocycles. The molecule has 0 aliphatic heterocycles. The van der Waals surface area contributed by atoms with Crippen LogP contribution >= 0.6 is 0 Å². The van der Waals surface area contributed by atoms with E-state index in [-0.39, 0.29) is 0 Å². The van der Waals surface area contributed by atoms with E-state index in [0.29, 0.717) is 0 Å². The fourth-order valence-electron chi connectivity index (χ4n) is 10.8. The predicted molar refractivity (Wildman–Crippen MR) is 299 cm³/mol. The van der Waals surface area contributed by atoms with Crippen LogP contribution in [0.2, 0.25) is 0 Å². The average molecular weight is 887 g/mol. The molecule has 0 aliphatic carbocycles. The molecule has 326 valence electrons. The number of benzene rings is 13. The van der Waals surface area contributed by atoms with Crippen molar-refractivity contribution in [3.8, 4) is 44.5 Å². The summed E-state index contributed by atoms with van der Waals surface area (Å²) in [7, 11) is 0. The fraction of sp³-hybridized carbons (Fsp3) is 0. The number of hydrogen-bond donors (Lipinski definition) is 0. The maximum absolute atomic E-state index is 2.43. The zero-order chi connectivity index (χ0) is 46.4. The van der Waals surface area contributed by atoms with E-state index in [9.17, 15) is 0 Å². The molecule has 13 rings (SSSR count). The molecule has 0 unspecified atom stereocenters. The minimum atomic E-state index is 1.16. The number of rotatable bonds is 7. The molecule has 0 heteroatoms. The van der Waals surface area contributed by atoms with Gasteiger partial charge in [0.15, 0.2) is 0 Å². The smallest absolute Gasteiger partial charge is 0.00259 e. The molecule has 0 fully saturated rings. The van der Waals surface area contributed by atoms with Crippen LogP contribution in [0.3, 0.4) is 0 Å². The molecule has 0 saturated heterocycles. The van der Waals surface area contributed by atoms with Crippen molar-refractivity contribution in [1.29, 1.82) is 0 Å². The minimum absolute atomic E-state index is 1.16. The van der Waals surface area contributed by atoms with E-state index in [4.69, 9.17) is 0 Å². The Morgan fingerprint density at radius 1 is 0.243 bits per heavy atom. The van der Waals surface area contributed by atoms with Crippen LogP contribution in [0.4, 0.5) is 0 Å². The first-order valence-electron chi connectivity index (χ1n) is 24.2. The van der Waals surface area contributed by atoms with E-state index in [1.807, 2.05) is 0 Å². The van der Waals surface area contributed by atoms with Gasteiger partial charge in [0.2, 0.25) is 0 Å². The highest BCUT2D eigenvalue weighted by molar-refractivity contribution is 6.22. The second-order valence-electron chi connectivity index (χ2n) is 18.4. The van der Waals surface area contributed by atoms with Gasteiger partial charge in [-0.15, -0.1) is 0 Å². The van der Waals surface area contributed by atoms with Crippen LogP contribution in [0.5, 0.6) is 0 Å². The molecule has 13 aromatic carbocycles. The zero-order valence-electron chi connectivity index (χ0n) is 38.6. The average Bonchev–Trinajstić information content (AvgIpc) is 3.43. The molecule has 0 heterocycles. The Morgan fingerprint density at radius 2 is 0.671 bits per heavy atom. The van der Waals surface area contributed by atoms with Crippen LogP contribution in [0.1, 0.15) is 16.7 Å². The van der Waals surface area contributed by atoms with Gasteiger partial charge in [0.05, 0.1) is 0 Å². The lowest BCUT2D eigenvalue weighted by Gasteiger charge is -2.19. The van der Waals surface area contributed by atoms with Gasteiger partial charge in [0.1, 0.15) is 0 Å². The monoisotopic (exact) mass is 886 g/mol. The third-order valence-electron chi connectivity index (χ3n) is 14.2. The van der Waals surface area contributed by atoms with Gasteiger partial charge in [0.25, 0.3) is 0 Å². The normalized spacial score (nSPS) is 12.3. The summed E-state index contributed by atoms with van der Waals surface area (Å²) in [6.45, 7) is 0. The van der Waals surface area contributed by atoms with Crippen LogP contribution < -0.4 is 10.4 Å². The van der Waals surface area contributed by atoms with Crippen molar-refractivity contribution < 1.29 is 0 Å².